The first-order chi connectivity index (χ1) is 13.3. The van der Waals surface area contributed by atoms with E-state index in [1.165, 1.54) is 6.20 Å². The van der Waals surface area contributed by atoms with E-state index in [0.717, 1.165) is 25.9 Å². The van der Waals surface area contributed by atoms with E-state index in [1.807, 2.05) is 0 Å². The normalized spacial score (nSPS) is 16.5. The molecule has 4 rings (SSSR count). The molecule has 3 aromatic rings. The predicted octanol–water partition coefficient (Wildman–Crippen LogP) is 4.81. The Hall–Kier alpha value is -1.73. The molecule has 2 heterocycles. The second kappa shape index (κ2) is 7.59. The van der Waals surface area contributed by atoms with Crippen LogP contribution in [-0.2, 0) is 9.84 Å². The van der Waals surface area contributed by atoms with Crippen molar-refractivity contribution < 1.29 is 8.42 Å². The second-order valence-corrected chi connectivity index (χ2v) is 9.97. The third-order valence-corrected chi connectivity index (χ3v) is 7.58. The number of nitrogens with zero attached hydrogens (tertiary/aromatic N) is 1. The van der Waals surface area contributed by atoms with Crippen molar-refractivity contribution in [2.24, 2.45) is 0 Å². The Morgan fingerprint density at radius 3 is 2.61 bits per heavy atom. The fraction of sp³-hybridized carbons (Fsp3) is 0.300. The molecule has 1 aliphatic heterocycles. The van der Waals surface area contributed by atoms with Crippen LogP contribution < -0.4 is 5.32 Å². The van der Waals surface area contributed by atoms with Crippen molar-refractivity contribution >= 4 is 49.6 Å². The van der Waals surface area contributed by atoms with E-state index in [0.29, 0.717) is 26.6 Å². The average molecular weight is 438 g/mol. The SMILES string of the molecule is CN1CCC(Nc2cc(S(=O)(=O)c3c[nH]c4cc(Cl)ccc34)ccc2Cl)CC1. The summed E-state index contributed by atoms with van der Waals surface area (Å²) in [6.07, 6.45) is 3.50. The van der Waals surface area contributed by atoms with Gasteiger partial charge in [-0.25, -0.2) is 8.42 Å². The number of hydrogen-bond acceptors (Lipinski definition) is 4. The molecule has 1 saturated heterocycles. The van der Waals surface area contributed by atoms with Gasteiger partial charge in [-0.05, 0) is 63.3 Å². The molecule has 0 bridgehead atoms. The van der Waals surface area contributed by atoms with Gasteiger partial charge in [0.15, 0.2) is 0 Å². The van der Waals surface area contributed by atoms with E-state index in [1.54, 1.807) is 36.4 Å². The number of rotatable bonds is 4. The number of likely N-dealkylation sites (tertiary alicyclic amines) is 1. The molecule has 0 aliphatic carbocycles. The first-order valence-corrected chi connectivity index (χ1v) is 11.3. The maximum Gasteiger partial charge on any atom is 0.208 e. The number of anilines is 1. The summed E-state index contributed by atoms with van der Waals surface area (Å²) >= 11 is 12.3. The summed E-state index contributed by atoms with van der Waals surface area (Å²) in [7, 11) is -1.60. The van der Waals surface area contributed by atoms with Gasteiger partial charge in [0, 0.05) is 28.2 Å². The summed E-state index contributed by atoms with van der Waals surface area (Å²) in [5.41, 5.74) is 1.34. The number of aromatic nitrogens is 1. The smallest absolute Gasteiger partial charge is 0.208 e. The lowest BCUT2D eigenvalue weighted by Crippen LogP contribution is -2.36. The van der Waals surface area contributed by atoms with Crippen molar-refractivity contribution in [3.63, 3.8) is 0 Å². The van der Waals surface area contributed by atoms with Crippen molar-refractivity contribution in [2.45, 2.75) is 28.7 Å². The Morgan fingerprint density at radius 2 is 1.86 bits per heavy atom. The van der Waals surface area contributed by atoms with Crippen molar-refractivity contribution in [3.8, 4) is 0 Å². The van der Waals surface area contributed by atoms with Crippen molar-refractivity contribution in [2.75, 3.05) is 25.5 Å². The number of aromatic amines is 1. The lowest BCUT2D eigenvalue weighted by Gasteiger charge is -2.30. The molecular weight excluding hydrogens is 417 g/mol. The summed E-state index contributed by atoms with van der Waals surface area (Å²) in [5, 5.41) is 5.11. The van der Waals surface area contributed by atoms with Gasteiger partial charge in [-0.3, -0.25) is 0 Å². The third kappa shape index (κ3) is 3.74. The van der Waals surface area contributed by atoms with Crippen LogP contribution in [0.4, 0.5) is 5.69 Å². The molecule has 8 heteroatoms. The molecule has 0 saturated carbocycles. The number of piperidine rings is 1. The van der Waals surface area contributed by atoms with Crippen LogP contribution in [0.1, 0.15) is 12.8 Å². The predicted molar refractivity (Wildman–Crippen MR) is 114 cm³/mol. The first-order valence-electron chi connectivity index (χ1n) is 9.11. The highest BCUT2D eigenvalue weighted by Crippen LogP contribution is 2.33. The minimum absolute atomic E-state index is 0.211. The quantitative estimate of drug-likeness (QED) is 0.614. The first kappa shape index (κ1) is 19.6. The molecule has 1 fully saturated rings. The molecule has 1 aromatic heterocycles. The topological polar surface area (TPSA) is 65.2 Å². The van der Waals surface area contributed by atoms with Crippen LogP contribution in [0.3, 0.4) is 0 Å². The largest absolute Gasteiger partial charge is 0.381 e. The van der Waals surface area contributed by atoms with Gasteiger partial charge in [0.2, 0.25) is 9.84 Å². The second-order valence-electron chi connectivity index (χ2n) is 7.21. The van der Waals surface area contributed by atoms with E-state index in [2.05, 4.69) is 22.2 Å². The minimum atomic E-state index is -3.71. The van der Waals surface area contributed by atoms with Crippen molar-refractivity contribution in [1.82, 2.24) is 9.88 Å². The van der Waals surface area contributed by atoms with Gasteiger partial charge in [0.05, 0.1) is 20.5 Å². The third-order valence-electron chi connectivity index (χ3n) is 5.22. The molecule has 2 N–H and O–H groups in total. The van der Waals surface area contributed by atoms with Crippen LogP contribution in [0.2, 0.25) is 10.0 Å². The Balaban J connectivity index is 1.68. The van der Waals surface area contributed by atoms with Crippen LogP contribution in [0.25, 0.3) is 10.9 Å². The summed E-state index contributed by atoms with van der Waals surface area (Å²) in [5.74, 6) is 0. The highest BCUT2D eigenvalue weighted by atomic mass is 35.5. The Morgan fingerprint density at radius 1 is 1.11 bits per heavy atom. The van der Waals surface area contributed by atoms with Gasteiger partial charge >= 0.3 is 0 Å². The molecule has 0 atom stereocenters. The fourth-order valence-corrected chi connectivity index (χ4v) is 5.38. The summed E-state index contributed by atoms with van der Waals surface area (Å²) in [4.78, 5) is 5.71. The van der Waals surface area contributed by atoms with E-state index in [-0.39, 0.29) is 15.8 Å². The number of sulfone groups is 1. The lowest BCUT2D eigenvalue weighted by atomic mass is 10.1. The summed E-state index contributed by atoms with van der Waals surface area (Å²) < 4.78 is 26.5. The van der Waals surface area contributed by atoms with Gasteiger partial charge in [0.25, 0.3) is 0 Å². The van der Waals surface area contributed by atoms with Gasteiger partial charge in [-0.1, -0.05) is 29.3 Å². The van der Waals surface area contributed by atoms with Gasteiger partial charge in [0.1, 0.15) is 0 Å². The number of benzene rings is 2. The van der Waals surface area contributed by atoms with Crippen LogP contribution in [0.5, 0.6) is 0 Å². The number of H-pyrrole nitrogens is 1. The van der Waals surface area contributed by atoms with E-state index in [4.69, 9.17) is 23.2 Å². The number of fused-ring (bicyclic) bond motifs is 1. The molecule has 0 amide bonds. The van der Waals surface area contributed by atoms with Crippen LogP contribution >= 0.6 is 23.2 Å². The van der Waals surface area contributed by atoms with E-state index < -0.39 is 9.84 Å². The molecule has 1 aliphatic rings. The molecule has 5 nitrogen and oxygen atoms in total. The van der Waals surface area contributed by atoms with Crippen LogP contribution in [0.15, 0.2) is 52.4 Å². The fourth-order valence-electron chi connectivity index (χ4n) is 3.58. The van der Waals surface area contributed by atoms with Crippen LogP contribution in [0, 0.1) is 0 Å². The van der Waals surface area contributed by atoms with Crippen LogP contribution in [-0.4, -0.2) is 44.5 Å². The van der Waals surface area contributed by atoms with E-state index >= 15 is 0 Å². The Labute approximate surface area is 174 Å². The number of nitrogens with one attached hydrogen (secondary N) is 2. The highest BCUT2D eigenvalue weighted by Gasteiger charge is 2.24. The van der Waals surface area contributed by atoms with Gasteiger partial charge in [-0.15, -0.1) is 0 Å². The zero-order valence-electron chi connectivity index (χ0n) is 15.4. The number of halogens is 2. The Bertz CT molecular complexity index is 1120. The summed E-state index contributed by atoms with van der Waals surface area (Å²) in [6, 6.07) is 10.2. The lowest BCUT2D eigenvalue weighted by molar-refractivity contribution is 0.264. The highest BCUT2D eigenvalue weighted by molar-refractivity contribution is 7.91. The number of hydrogen-bond donors (Lipinski definition) is 2. The van der Waals surface area contributed by atoms with E-state index in [9.17, 15) is 8.42 Å². The van der Waals surface area contributed by atoms with Crippen molar-refractivity contribution in [1.29, 1.82) is 0 Å². The molecule has 28 heavy (non-hydrogen) atoms. The molecule has 0 radical (unpaired) electrons. The zero-order chi connectivity index (χ0) is 19.9. The van der Waals surface area contributed by atoms with Gasteiger partial charge < -0.3 is 15.2 Å². The zero-order valence-corrected chi connectivity index (χ0v) is 17.7. The molecule has 2 aromatic carbocycles. The Kier molecular flexibility index (Phi) is 5.31. The minimum Gasteiger partial charge on any atom is -0.381 e. The molecule has 0 spiro atoms. The van der Waals surface area contributed by atoms with Crippen molar-refractivity contribution in [3.05, 3.63) is 52.6 Å². The molecular formula is C20H21Cl2N3O2S. The monoisotopic (exact) mass is 437 g/mol. The maximum absolute atomic E-state index is 13.3. The maximum atomic E-state index is 13.3. The standard InChI is InChI=1S/C20H21Cl2N3O2S/c1-25-8-6-14(7-9-25)24-19-11-15(3-5-17(19)22)28(26,27)20-12-23-18-10-13(21)2-4-16(18)20/h2-5,10-12,14,23-24H,6-9H2,1H3. The van der Waals surface area contributed by atoms with Gasteiger partial charge in [-0.2, -0.15) is 0 Å². The summed E-state index contributed by atoms with van der Waals surface area (Å²) in [6.45, 7) is 2.01. The average Bonchev–Trinajstić information content (AvgIpc) is 3.09. The molecule has 0 unspecified atom stereocenters. The molecule has 148 valence electrons.